The molecule has 1 aromatic carbocycles. The van der Waals surface area contributed by atoms with Gasteiger partial charge in [0, 0.05) is 11.1 Å². The number of hydrogen-bond acceptors (Lipinski definition) is 8. The number of H-pyrrole nitrogens is 1. The number of benzene rings is 1. The number of furan rings is 1. The number of nitrogens with zero attached hydrogens (tertiary/aromatic N) is 3. The number of nitro benzene ring substituents is 1. The number of nitro groups is 2. The molecule has 2 heterocycles. The first kappa shape index (κ1) is 18.8. The molecule has 28 heavy (non-hydrogen) atoms. The van der Waals surface area contributed by atoms with Crippen LogP contribution >= 0.6 is 11.6 Å². The van der Waals surface area contributed by atoms with Crippen LogP contribution in [0.2, 0.25) is 5.02 Å². The maximum atomic E-state index is 11.6. The quantitative estimate of drug-likeness (QED) is 0.482. The van der Waals surface area contributed by atoms with Gasteiger partial charge >= 0.3 is 11.2 Å². The van der Waals surface area contributed by atoms with E-state index in [1.54, 1.807) is 0 Å². The van der Waals surface area contributed by atoms with Crippen molar-refractivity contribution in [3.05, 3.63) is 77.5 Å². The zero-order valence-electron chi connectivity index (χ0n) is 13.7. The Morgan fingerprint density at radius 3 is 2.54 bits per heavy atom. The molecule has 0 saturated heterocycles. The summed E-state index contributed by atoms with van der Waals surface area (Å²) >= 11 is 5.78. The smallest absolute Gasteiger partial charge is 0.395 e. The molecule has 0 radical (unpaired) electrons. The number of aromatic nitrogens is 2. The number of hydrogen-bond donors (Lipinski definition) is 2. The van der Waals surface area contributed by atoms with Gasteiger partial charge in [0.15, 0.2) is 0 Å². The van der Waals surface area contributed by atoms with Crippen LogP contribution < -0.4 is 5.56 Å². The number of aromatic amines is 1. The van der Waals surface area contributed by atoms with Gasteiger partial charge in [-0.05, 0) is 36.4 Å². The first-order chi connectivity index (χ1) is 13.3. The minimum Gasteiger partial charge on any atom is -0.488 e. The molecule has 0 unspecified atom stereocenters. The number of rotatable bonds is 5. The van der Waals surface area contributed by atoms with Crippen molar-refractivity contribution < 1.29 is 19.4 Å². The highest BCUT2D eigenvalue weighted by atomic mass is 35.5. The fourth-order valence-corrected chi connectivity index (χ4v) is 2.49. The van der Waals surface area contributed by atoms with Crippen LogP contribution in [0.4, 0.5) is 11.4 Å². The highest BCUT2D eigenvalue weighted by molar-refractivity contribution is 6.30. The van der Waals surface area contributed by atoms with Crippen LogP contribution in [0.25, 0.3) is 23.5 Å². The molecule has 0 spiro atoms. The predicted octanol–water partition coefficient (Wildman–Crippen LogP) is 3.38. The highest BCUT2D eigenvalue weighted by Gasteiger charge is 2.21. The zero-order valence-corrected chi connectivity index (χ0v) is 14.4. The first-order valence-electron chi connectivity index (χ1n) is 7.46. The van der Waals surface area contributed by atoms with Gasteiger partial charge in [0.1, 0.15) is 17.3 Å². The van der Waals surface area contributed by atoms with E-state index in [1.807, 2.05) is 0 Å². The van der Waals surface area contributed by atoms with E-state index in [0.29, 0.717) is 0 Å². The van der Waals surface area contributed by atoms with Crippen LogP contribution in [0.15, 0.2) is 39.5 Å². The molecule has 2 aromatic heterocycles. The Morgan fingerprint density at radius 1 is 1.14 bits per heavy atom. The second-order valence-corrected chi connectivity index (χ2v) is 5.77. The summed E-state index contributed by atoms with van der Waals surface area (Å²) in [6.07, 6.45) is 2.60. The van der Waals surface area contributed by atoms with Gasteiger partial charge in [-0.3, -0.25) is 25.0 Å². The summed E-state index contributed by atoms with van der Waals surface area (Å²) in [7, 11) is 0. The maximum absolute atomic E-state index is 11.6. The van der Waals surface area contributed by atoms with Gasteiger partial charge in [-0.1, -0.05) is 11.6 Å². The van der Waals surface area contributed by atoms with E-state index < -0.39 is 27.0 Å². The molecular formula is C16H9ClN4O7. The molecule has 0 bridgehead atoms. The Morgan fingerprint density at radius 2 is 1.89 bits per heavy atom. The van der Waals surface area contributed by atoms with Crippen molar-refractivity contribution in [1.82, 2.24) is 9.97 Å². The molecule has 0 saturated carbocycles. The summed E-state index contributed by atoms with van der Waals surface area (Å²) in [5.41, 5.74) is -2.20. The average molecular weight is 405 g/mol. The van der Waals surface area contributed by atoms with Crippen LogP contribution in [-0.4, -0.2) is 24.9 Å². The molecule has 11 nitrogen and oxygen atoms in total. The summed E-state index contributed by atoms with van der Waals surface area (Å²) < 4.78 is 5.52. The summed E-state index contributed by atoms with van der Waals surface area (Å²) in [4.78, 5) is 37.5. The van der Waals surface area contributed by atoms with Crippen LogP contribution in [0, 0.1) is 20.2 Å². The lowest BCUT2D eigenvalue weighted by molar-refractivity contribution is -0.387. The van der Waals surface area contributed by atoms with E-state index in [-0.39, 0.29) is 33.6 Å². The van der Waals surface area contributed by atoms with E-state index in [4.69, 9.17) is 16.0 Å². The molecule has 12 heteroatoms. The summed E-state index contributed by atoms with van der Waals surface area (Å²) in [5.74, 6) is -0.718. The van der Waals surface area contributed by atoms with Crippen molar-refractivity contribution in [2.75, 3.05) is 0 Å². The Labute approximate surface area is 159 Å². The number of halogens is 1. The van der Waals surface area contributed by atoms with Crippen molar-refractivity contribution in [2.24, 2.45) is 0 Å². The lowest BCUT2D eigenvalue weighted by Gasteiger charge is -2.00. The van der Waals surface area contributed by atoms with Gasteiger partial charge in [-0.15, -0.1) is 0 Å². The second-order valence-electron chi connectivity index (χ2n) is 5.33. The van der Waals surface area contributed by atoms with Crippen molar-refractivity contribution in [2.45, 2.75) is 0 Å². The molecular weight excluding hydrogens is 396 g/mol. The fraction of sp³-hybridized carbons (Fsp3) is 0. The van der Waals surface area contributed by atoms with E-state index in [9.17, 15) is 30.1 Å². The molecule has 0 fully saturated rings. The maximum Gasteiger partial charge on any atom is 0.395 e. The third-order valence-corrected chi connectivity index (χ3v) is 3.77. The minimum absolute atomic E-state index is 0.150. The molecule has 0 aliphatic heterocycles. The average Bonchev–Trinajstić information content (AvgIpc) is 3.07. The van der Waals surface area contributed by atoms with Crippen molar-refractivity contribution in [3.8, 4) is 17.2 Å². The molecule has 0 aliphatic carbocycles. The minimum atomic E-state index is -1.12. The van der Waals surface area contributed by atoms with Crippen molar-refractivity contribution >= 4 is 35.1 Å². The topological polar surface area (TPSA) is 165 Å². The Bertz CT molecular complexity index is 1180. The van der Waals surface area contributed by atoms with E-state index >= 15 is 0 Å². The van der Waals surface area contributed by atoms with Crippen molar-refractivity contribution in [3.63, 3.8) is 0 Å². The standard InChI is InChI=1S/C16H9ClN4O7/c17-8-1-4-10(11(7-8)20(24)25)12-5-2-9(28-12)3-6-13-18-15(22)14(21(26)27)16(23)19-13/h1-7H,(H2,18,19,22,23)/b6-3-. The van der Waals surface area contributed by atoms with Gasteiger partial charge in [0.25, 0.3) is 11.6 Å². The summed E-state index contributed by atoms with van der Waals surface area (Å²) in [6, 6.07) is 7.13. The predicted molar refractivity (Wildman–Crippen MR) is 97.9 cm³/mol. The monoisotopic (exact) mass is 404 g/mol. The summed E-state index contributed by atoms with van der Waals surface area (Å²) in [6.45, 7) is 0. The Kier molecular flexibility index (Phi) is 4.92. The van der Waals surface area contributed by atoms with E-state index in [0.717, 1.165) is 0 Å². The van der Waals surface area contributed by atoms with Gasteiger partial charge in [-0.25, -0.2) is 0 Å². The van der Waals surface area contributed by atoms with Crippen LogP contribution in [0.5, 0.6) is 5.88 Å². The largest absolute Gasteiger partial charge is 0.488 e. The molecule has 2 N–H and O–H groups in total. The van der Waals surface area contributed by atoms with Gasteiger partial charge < -0.3 is 14.5 Å². The highest BCUT2D eigenvalue weighted by Crippen LogP contribution is 2.33. The lowest BCUT2D eigenvalue weighted by Crippen LogP contribution is -2.14. The normalized spacial score (nSPS) is 11.0. The van der Waals surface area contributed by atoms with Crippen LogP contribution in [-0.2, 0) is 0 Å². The lowest BCUT2D eigenvalue weighted by atomic mass is 10.1. The van der Waals surface area contributed by atoms with Gasteiger partial charge in [0.2, 0.25) is 0 Å². The molecule has 0 atom stereocenters. The number of aromatic hydroxyl groups is 1. The van der Waals surface area contributed by atoms with E-state index in [2.05, 4.69) is 9.97 Å². The second kappa shape index (κ2) is 7.32. The van der Waals surface area contributed by atoms with Gasteiger partial charge in [0.05, 0.1) is 15.4 Å². The molecule has 0 aliphatic rings. The third kappa shape index (κ3) is 3.73. The fourth-order valence-electron chi connectivity index (χ4n) is 2.33. The SMILES string of the molecule is O=c1[nH]c(/C=C\c2ccc(-c3ccc(Cl)cc3[N+](=O)[O-])o2)nc(O)c1[N+](=O)[O-]. The molecule has 3 aromatic rings. The zero-order chi connectivity index (χ0) is 20.4. The Balaban J connectivity index is 1.91. The third-order valence-electron chi connectivity index (χ3n) is 3.53. The van der Waals surface area contributed by atoms with Crippen LogP contribution in [0.1, 0.15) is 11.6 Å². The molecule has 3 rings (SSSR count). The van der Waals surface area contributed by atoms with E-state index in [1.165, 1.54) is 42.5 Å². The molecule has 0 amide bonds. The van der Waals surface area contributed by atoms with Crippen molar-refractivity contribution in [1.29, 1.82) is 0 Å². The van der Waals surface area contributed by atoms with Gasteiger partial charge in [-0.2, -0.15) is 4.98 Å². The Hall–Kier alpha value is -3.99. The summed E-state index contributed by atoms with van der Waals surface area (Å²) in [5, 5.41) is 31.5. The number of nitrogens with one attached hydrogen (secondary N) is 1. The van der Waals surface area contributed by atoms with Crippen LogP contribution in [0.3, 0.4) is 0 Å². The first-order valence-corrected chi connectivity index (χ1v) is 7.84. The molecule has 142 valence electrons.